The lowest BCUT2D eigenvalue weighted by molar-refractivity contribution is -0.162. The van der Waals surface area contributed by atoms with Crippen LogP contribution >= 0.6 is 0 Å². The van der Waals surface area contributed by atoms with Crippen molar-refractivity contribution in [3.05, 3.63) is 11.4 Å². The van der Waals surface area contributed by atoms with Crippen molar-refractivity contribution in [2.45, 2.75) is 5.92 Å². The lowest BCUT2D eigenvalue weighted by Crippen LogP contribution is -2.48. The second-order valence-electron chi connectivity index (χ2n) is 2.43. The van der Waals surface area contributed by atoms with Gasteiger partial charge < -0.3 is 10.2 Å². The third-order valence-electron chi connectivity index (χ3n) is 1.66. The van der Waals surface area contributed by atoms with Crippen LogP contribution in [0.25, 0.3) is 0 Å². The summed E-state index contributed by atoms with van der Waals surface area (Å²) in [6.45, 7) is 0. The van der Waals surface area contributed by atoms with Crippen molar-refractivity contribution in [2.24, 2.45) is 5.92 Å². The Hall–Kier alpha value is -1.53. The van der Waals surface area contributed by atoms with E-state index >= 15 is 0 Å². The summed E-state index contributed by atoms with van der Waals surface area (Å²) in [6, 6.07) is 0. The predicted octanol–water partition coefficient (Wildman–Crippen LogP) is 0.644. The molecule has 0 spiro atoms. The smallest absolute Gasteiger partial charge is 0.335 e. The van der Waals surface area contributed by atoms with Gasteiger partial charge in [-0.2, -0.15) is 8.78 Å². The van der Waals surface area contributed by atoms with Gasteiger partial charge in [0.2, 0.25) is 0 Å². The number of allylic oxidation sites excluding steroid dienone is 1. The molecule has 0 fully saturated rings. The van der Waals surface area contributed by atoms with E-state index in [0.717, 1.165) is 0 Å². The molecule has 2 N–H and O–H groups in total. The van der Waals surface area contributed by atoms with Crippen LogP contribution in [0.2, 0.25) is 0 Å². The van der Waals surface area contributed by atoms with E-state index in [1.165, 1.54) is 0 Å². The van der Waals surface area contributed by atoms with Gasteiger partial charge in [0.25, 0.3) is 0 Å². The van der Waals surface area contributed by atoms with Crippen LogP contribution in [-0.2, 0) is 9.59 Å². The van der Waals surface area contributed by atoms with Gasteiger partial charge in [0, 0.05) is 0 Å². The van der Waals surface area contributed by atoms with Gasteiger partial charge in [-0.05, 0) is 0 Å². The Bertz CT molecular complexity index is 320. The van der Waals surface area contributed by atoms with E-state index in [0.29, 0.717) is 0 Å². The highest BCUT2D eigenvalue weighted by Crippen LogP contribution is 2.49. The van der Waals surface area contributed by atoms with Crippen molar-refractivity contribution in [2.75, 3.05) is 0 Å². The van der Waals surface area contributed by atoms with Crippen LogP contribution in [0.15, 0.2) is 11.4 Å². The summed E-state index contributed by atoms with van der Waals surface area (Å²) in [5.41, 5.74) is -1.38. The molecule has 4 nitrogen and oxygen atoms in total. The van der Waals surface area contributed by atoms with Crippen molar-refractivity contribution in [1.29, 1.82) is 0 Å². The Labute approximate surface area is 69.3 Å². The Morgan fingerprint density at radius 2 is 1.77 bits per heavy atom. The molecule has 0 bridgehead atoms. The molecule has 0 aromatic carbocycles. The first-order valence-electron chi connectivity index (χ1n) is 3.04. The number of hydrogen-bond donors (Lipinski definition) is 2. The maximum absolute atomic E-state index is 12.4. The highest BCUT2D eigenvalue weighted by Gasteiger charge is 2.63. The van der Waals surface area contributed by atoms with Crippen LogP contribution in [-0.4, -0.2) is 28.1 Å². The largest absolute Gasteiger partial charge is 0.481 e. The average molecular weight is 196 g/mol. The van der Waals surface area contributed by atoms with Crippen LogP contribution in [0.3, 0.4) is 0 Å². The van der Waals surface area contributed by atoms with Crippen LogP contribution in [0.4, 0.5) is 13.2 Å². The molecule has 13 heavy (non-hydrogen) atoms. The number of hydrogen-bond acceptors (Lipinski definition) is 2. The van der Waals surface area contributed by atoms with E-state index < -0.39 is 35.2 Å². The lowest BCUT2D eigenvalue weighted by Gasteiger charge is -2.31. The molecule has 0 radical (unpaired) electrons. The summed E-state index contributed by atoms with van der Waals surface area (Å²) >= 11 is 0. The zero-order valence-electron chi connectivity index (χ0n) is 5.92. The van der Waals surface area contributed by atoms with Gasteiger partial charge in [-0.3, -0.25) is 4.79 Å². The molecule has 1 aliphatic rings. The Kier molecular flexibility index (Phi) is 1.82. The summed E-state index contributed by atoms with van der Waals surface area (Å²) in [4.78, 5) is 20.2. The number of carboxylic acids is 2. The third kappa shape index (κ3) is 1.07. The van der Waals surface area contributed by atoms with Gasteiger partial charge in [-0.15, -0.1) is 0 Å². The Morgan fingerprint density at radius 1 is 1.31 bits per heavy atom. The van der Waals surface area contributed by atoms with Crippen LogP contribution in [0.1, 0.15) is 0 Å². The summed E-state index contributed by atoms with van der Waals surface area (Å²) in [5.74, 6) is -13.0. The van der Waals surface area contributed by atoms with E-state index in [9.17, 15) is 22.8 Å². The average Bonchev–Trinajstić information content (AvgIpc) is 1.96. The fraction of sp³-hybridized carbons (Fsp3) is 0.333. The number of halogens is 3. The molecule has 1 unspecified atom stereocenters. The minimum Gasteiger partial charge on any atom is -0.481 e. The van der Waals surface area contributed by atoms with E-state index in [4.69, 9.17) is 10.2 Å². The second-order valence-corrected chi connectivity index (χ2v) is 2.43. The normalized spacial score (nSPS) is 25.3. The van der Waals surface area contributed by atoms with Gasteiger partial charge in [0.1, 0.15) is 0 Å². The molecule has 1 rings (SSSR count). The summed E-state index contributed by atoms with van der Waals surface area (Å²) in [5, 5.41) is 16.3. The molecule has 0 saturated carbocycles. The van der Waals surface area contributed by atoms with E-state index in [1.54, 1.807) is 0 Å². The van der Waals surface area contributed by atoms with Crippen LogP contribution in [0, 0.1) is 5.92 Å². The van der Waals surface area contributed by atoms with Crippen LogP contribution < -0.4 is 0 Å². The van der Waals surface area contributed by atoms with Crippen molar-refractivity contribution in [3.63, 3.8) is 0 Å². The molecule has 0 amide bonds. The van der Waals surface area contributed by atoms with Gasteiger partial charge in [-0.25, -0.2) is 9.18 Å². The summed E-state index contributed by atoms with van der Waals surface area (Å²) in [7, 11) is 0. The van der Waals surface area contributed by atoms with Gasteiger partial charge in [0.05, 0.1) is 5.57 Å². The van der Waals surface area contributed by atoms with Crippen molar-refractivity contribution in [3.8, 4) is 0 Å². The molecule has 0 aromatic heterocycles. The molecule has 0 saturated heterocycles. The first-order chi connectivity index (χ1) is 5.80. The molecular weight excluding hydrogens is 193 g/mol. The third-order valence-corrected chi connectivity index (χ3v) is 1.66. The summed E-state index contributed by atoms with van der Waals surface area (Å²) in [6.07, 6.45) is 0. The zero-order chi connectivity index (χ0) is 10.4. The van der Waals surface area contributed by atoms with Gasteiger partial charge in [-0.1, -0.05) is 0 Å². The number of aliphatic carboxylic acids is 2. The predicted molar refractivity (Wildman–Crippen MR) is 31.8 cm³/mol. The lowest BCUT2D eigenvalue weighted by atomic mass is 9.79. The number of alkyl halides is 2. The summed E-state index contributed by atoms with van der Waals surface area (Å²) < 4.78 is 37.1. The SMILES string of the molecule is O=C(O)C1=C(F)C(F)(F)C1C(=O)O. The highest BCUT2D eigenvalue weighted by atomic mass is 19.3. The minimum absolute atomic E-state index is 1.38. The molecule has 0 heterocycles. The number of rotatable bonds is 2. The van der Waals surface area contributed by atoms with Crippen molar-refractivity contribution >= 4 is 11.9 Å². The minimum atomic E-state index is -4.19. The topological polar surface area (TPSA) is 74.6 Å². The molecule has 7 heteroatoms. The van der Waals surface area contributed by atoms with Gasteiger partial charge in [0.15, 0.2) is 11.7 Å². The fourth-order valence-electron chi connectivity index (χ4n) is 1.03. The molecule has 1 atom stereocenters. The number of carboxylic acid groups (broad SMARTS) is 2. The van der Waals surface area contributed by atoms with Gasteiger partial charge >= 0.3 is 17.9 Å². The standard InChI is InChI=1S/C6H3F3O4/c7-3-1(4(10)11)2(5(12)13)6(3,8)9/h2H,(H,10,11)(H,12,13). The van der Waals surface area contributed by atoms with Crippen molar-refractivity contribution < 1.29 is 33.0 Å². The molecule has 72 valence electrons. The quantitative estimate of drug-likeness (QED) is 0.679. The number of carbonyl (C=O) groups is 2. The molecular formula is C6H3F3O4. The van der Waals surface area contributed by atoms with E-state index in [2.05, 4.69) is 0 Å². The van der Waals surface area contributed by atoms with E-state index in [1.807, 2.05) is 0 Å². The van der Waals surface area contributed by atoms with E-state index in [-0.39, 0.29) is 0 Å². The maximum atomic E-state index is 12.4. The first-order valence-corrected chi connectivity index (χ1v) is 3.04. The molecule has 0 aliphatic heterocycles. The Balaban J connectivity index is 3.15. The molecule has 1 aliphatic carbocycles. The monoisotopic (exact) mass is 196 g/mol. The molecule has 0 aromatic rings. The Morgan fingerprint density at radius 3 is 2.00 bits per heavy atom. The highest BCUT2D eigenvalue weighted by molar-refractivity contribution is 5.98. The fourth-order valence-corrected chi connectivity index (χ4v) is 1.03. The maximum Gasteiger partial charge on any atom is 0.335 e. The van der Waals surface area contributed by atoms with Crippen LogP contribution in [0.5, 0.6) is 0 Å². The first kappa shape index (κ1) is 9.56. The zero-order valence-corrected chi connectivity index (χ0v) is 5.92. The second kappa shape index (κ2) is 2.48. The van der Waals surface area contributed by atoms with Crippen molar-refractivity contribution in [1.82, 2.24) is 0 Å².